The summed E-state index contributed by atoms with van der Waals surface area (Å²) in [5.41, 5.74) is 1.82. The number of para-hydroxylation sites is 1. The smallest absolute Gasteiger partial charge is 0.339 e. The molecule has 0 aliphatic heterocycles. The Balaban J connectivity index is 2.27. The number of rotatable bonds is 4. The van der Waals surface area contributed by atoms with Crippen molar-refractivity contribution in [2.75, 3.05) is 12.4 Å². The molecule has 0 saturated heterocycles. The van der Waals surface area contributed by atoms with Crippen LogP contribution < -0.4 is 5.32 Å². The van der Waals surface area contributed by atoms with Crippen molar-refractivity contribution in [2.45, 2.75) is 13.0 Å². The number of carbonyl (C=O) groups excluding carboxylic acids is 1. The highest BCUT2D eigenvalue weighted by Crippen LogP contribution is 2.28. The maximum absolute atomic E-state index is 13.1. The van der Waals surface area contributed by atoms with Crippen molar-refractivity contribution in [1.82, 2.24) is 0 Å². The van der Waals surface area contributed by atoms with Crippen LogP contribution in [0.1, 0.15) is 28.9 Å². The summed E-state index contributed by atoms with van der Waals surface area (Å²) in [4.78, 5) is 11.7. The molecule has 0 spiro atoms. The summed E-state index contributed by atoms with van der Waals surface area (Å²) in [5, 5.41) is 3.53. The number of ether oxygens (including phenoxy) is 1. The first kappa shape index (κ1) is 15.3. The number of methoxy groups -OCH3 is 1. The van der Waals surface area contributed by atoms with Crippen LogP contribution in [0.3, 0.4) is 0 Å². The normalized spacial score (nSPS) is 11.8. The fourth-order valence-corrected chi connectivity index (χ4v) is 2.39. The van der Waals surface area contributed by atoms with Gasteiger partial charge < -0.3 is 10.1 Å². The van der Waals surface area contributed by atoms with Gasteiger partial charge in [0.05, 0.1) is 18.7 Å². The molecule has 0 fully saturated rings. The zero-order valence-electron chi connectivity index (χ0n) is 11.7. The molecule has 1 atom stereocenters. The van der Waals surface area contributed by atoms with Gasteiger partial charge in [-0.05, 0) is 36.8 Å². The molecule has 0 amide bonds. The second kappa shape index (κ2) is 6.59. The Morgan fingerprint density at radius 1 is 1.29 bits per heavy atom. The molecule has 1 N–H and O–H groups in total. The zero-order chi connectivity index (χ0) is 15.4. The molecule has 3 nitrogen and oxygen atoms in total. The summed E-state index contributed by atoms with van der Waals surface area (Å²) in [6.07, 6.45) is 0. The van der Waals surface area contributed by atoms with Gasteiger partial charge in [0.15, 0.2) is 0 Å². The third-order valence-corrected chi connectivity index (χ3v) is 3.46. The Bertz CT molecular complexity index is 660. The van der Waals surface area contributed by atoms with Crippen molar-refractivity contribution in [2.24, 2.45) is 0 Å². The van der Waals surface area contributed by atoms with Crippen molar-refractivity contribution in [1.29, 1.82) is 0 Å². The van der Waals surface area contributed by atoms with Crippen molar-refractivity contribution in [3.8, 4) is 0 Å². The van der Waals surface area contributed by atoms with Crippen LogP contribution in [-0.2, 0) is 4.74 Å². The predicted octanol–water partition coefficient (Wildman–Crippen LogP) is 4.44. The Labute approximate surface area is 127 Å². The third-order valence-electron chi connectivity index (χ3n) is 3.13. The summed E-state index contributed by atoms with van der Waals surface area (Å²) in [6, 6.07) is 11.1. The highest BCUT2D eigenvalue weighted by atomic mass is 35.5. The Hall–Kier alpha value is -2.07. The molecule has 5 heteroatoms. The average Bonchev–Trinajstić information content (AvgIpc) is 2.46. The van der Waals surface area contributed by atoms with E-state index in [9.17, 15) is 9.18 Å². The van der Waals surface area contributed by atoms with Gasteiger partial charge >= 0.3 is 5.97 Å². The van der Waals surface area contributed by atoms with Crippen molar-refractivity contribution in [3.05, 3.63) is 64.4 Å². The molecule has 21 heavy (non-hydrogen) atoms. The largest absolute Gasteiger partial charge is 0.465 e. The minimum absolute atomic E-state index is 0.191. The molecule has 110 valence electrons. The van der Waals surface area contributed by atoms with E-state index in [0.29, 0.717) is 16.3 Å². The number of hydrogen-bond acceptors (Lipinski definition) is 3. The van der Waals surface area contributed by atoms with Crippen LogP contribution in [0.4, 0.5) is 10.1 Å². The van der Waals surface area contributed by atoms with E-state index in [4.69, 9.17) is 16.3 Å². The van der Waals surface area contributed by atoms with Crippen LogP contribution >= 0.6 is 11.6 Å². The maximum atomic E-state index is 13.1. The van der Waals surface area contributed by atoms with Crippen molar-refractivity contribution >= 4 is 23.3 Å². The molecule has 0 heterocycles. The molecular formula is C16H15ClFNO2. The summed E-state index contributed by atoms with van der Waals surface area (Å²) in [6.45, 7) is 1.88. The molecule has 0 aliphatic carbocycles. The van der Waals surface area contributed by atoms with Gasteiger partial charge in [-0.15, -0.1) is 0 Å². The van der Waals surface area contributed by atoms with Crippen LogP contribution in [0.2, 0.25) is 5.02 Å². The number of halogens is 2. The number of nitrogens with one attached hydrogen (secondary N) is 1. The second-order valence-corrected chi connectivity index (χ2v) is 4.98. The number of benzene rings is 2. The maximum Gasteiger partial charge on any atom is 0.339 e. The molecule has 0 radical (unpaired) electrons. The summed E-state index contributed by atoms with van der Waals surface area (Å²) < 4.78 is 17.8. The quantitative estimate of drug-likeness (QED) is 0.849. The molecule has 0 bridgehead atoms. The van der Waals surface area contributed by atoms with Crippen LogP contribution in [0, 0.1) is 5.82 Å². The van der Waals surface area contributed by atoms with Gasteiger partial charge in [-0.3, -0.25) is 0 Å². The monoisotopic (exact) mass is 307 g/mol. The highest BCUT2D eigenvalue weighted by molar-refractivity contribution is 6.31. The molecule has 0 saturated carbocycles. The Kier molecular flexibility index (Phi) is 4.81. The van der Waals surface area contributed by atoms with E-state index in [1.807, 2.05) is 13.0 Å². The number of hydrogen-bond donors (Lipinski definition) is 1. The number of anilines is 1. The number of esters is 1. The van der Waals surface area contributed by atoms with E-state index in [2.05, 4.69) is 5.32 Å². The lowest BCUT2D eigenvalue weighted by Gasteiger charge is -2.18. The van der Waals surface area contributed by atoms with Gasteiger partial charge in [0.2, 0.25) is 0 Å². The molecule has 1 unspecified atom stereocenters. The lowest BCUT2D eigenvalue weighted by Crippen LogP contribution is -2.12. The van der Waals surface area contributed by atoms with E-state index in [1.165, 1.54) is 19.2 Å². The SMILES string of the molecule is COC(=O)c1ccccc1NC(C)c1ccc(F)cc1Cl. The topological polar surface area (TPSA) is 38.3 Å². The molecule has 2 aromatic carbocycles. The minimum atomic E-state index is -0.421. The molecule has 0 aliphatic rings. The van der Waals surface area contributed by atoms with Crippen molar-refractivity contribution in [3.63, 3.8) is 0 Å². The van der Waals surface area contributed by atoms with Gasteiger partial charge in [0, 0.05) is 10.7 Å². The third kappa shape index (κ3) is 3.52. The molecular weight excluding hydrogens is 293 g/mol. The highest BCUT2D eigenvalue weighted by Gasteiger charge is 2.15. The minimum Gasteiger partial charge on any atom is -0.465 e. The summed E-state index contributed by atoms with van der Waals surface area (Å²) in [5.74, 6) is -0.804. The first-order valence-electron chi connectivity index (χ1n) is 6.41. The van der Waals surface area contributed by atoms with E-state index in [1.54, 1.807) is 24.3 Å². The predicted molar refractivity (Wildman–Crippen MR) is 81.2 cm³/mol. The first-order chi connectivity index (χ1) is 10.0. The van der Waals surface area contributed by atoms with Crippen LogP contribution in [0.5, 0.6) is 0 Å². The zero-order valence-corrected chi connectivity index (χ0v) is 12.4. The van der Waals surface area contributed by atoms with Gasteiger partial charge in [0.25, 0.3) is 0 Å². The fraction of sp³-hybridized carbons (Fsp3) is 0.188. The van der Waals surface area contributed by atoms with Crippen LogP contribution in [0.15, 0.2) is 42.5 Å². The molecule has 2 aromatic rings. The Morgan fingerprint density at radius 3 is 2.67 bits per heavy atom. The lowest BCUT2D eigenvalue weighted by atomic mass is 10.1. The van der Waals surface area contributed by atoms with E-state index in [0.717, 1.165) is 5.56 Å². The van der Waals surface area contributed by atoms with Gasteiger partial charge in [-0.2, -0.15) is 0 Å². The van der Waals surface area contributed by atoms with Gasteiger partial charge in [0.1, 0.15) is 5.82 Å². The lowest BCUT2D eigenvalue weighted by molar-refractivity contribution is 0.0602. The van der Waals surface area contributed by atoms with Gasteiger partial charge in [-0.1, -0.05) is 29.8 Å². The molecule has 2 rings (SSSR count). The molecule has 0 aromatic heterocycles. The Morgan fingerprint density at radius 2 is 2.00 bits per heavy atom. The average molecular weight is 308 g/mol. The van der Waals surface area contributed by atoms with Crippen molar-refractivity contribution < 1.29 is 13.9 Å². The summed E-state index contributed by atoms with van der Waals surface area (Å²) in [7, 11) is 1.33. The summed E-state index contributed by atoms with van der Waals surface area (Å²) >= 11 is 6.05. The number of carbonyl (C=O) groups is 1. The van der Waals surface area contributed by atoms with Gasteiger partial charge in [-0.25, -0.2) is 9.18 Å². The van der Waals surface area contributed by atoms with E-state index < -0.39 is 5.97 Å². The van der Waals surface area contributed by atoms with Crippen LogP contribution in [-0.4, -0.2) is 13.1 Å². The van der Waals surface area contributed by atoms with E-state index >= 15 is 0 Å². The second-order valence-electron chi connectivity index (χ2n) is 4.57. The standard InChI is InChI=1S/C16H15ClFNO2/c1-10(12-8-7-11(18)9-14(12)17)19-15-6-4-3-5-13(15)16(20)21-2/h3-10,19H,1-2H3. The fourth-order valence-electron chi connectivity index (χ4n) is 2.06. The first-order valence-corrected chi connectivity index (χ1v) is 6.79. The van der Waals surface area contributed by atoms with Crippen LogP contribution in [0.25, 0.3) is 0 Å². The van der Waals surface area contributed by atoms with E-state index in [-0.39, 0.29) is 11.9 Å².